The average molecular weight is 256 g/mol. The fraction of sp³-hybridized carbons (Fsp3) is 0.923. The van der Waals surface area contributed by atoms with Crippen molar-refractivity contribution in [2.75, 3.05) is 13.1 Å². The van der Waals surface area contributed by atoms with Crippen molar-refractivity contribution < 1.29 is 0 Å². The molecular weight excluding hydrogens is 234 g/mol. The number of nitrogens with zero attached hydrogens (tertiary/aromatic N) is 1. The lowest BCUT2D eigenvalue weighted by molar-refractivity contribution is 0.157. The number of guanidine groups is 1. The van der Waals surface area contributed by atoms with E-state index in [0.29, 0.717) is 27.6 Å². The van der Waals surface area contributed by atoms with Crippen LogP contribution in [0.2, 0.25) is 0 Å². The second-order valence-corrected chi connectivity index (χ2v) is 7.63. The molecule has 3 nitrogen and oxygen atoms in total. The smallest absolute Gasteiger partial charge is 0.188 e. The molecule has 1 heterocycles. The number of nitrogens with one attached hydrogen (secondary N) is 1. The molecular formula is C13H22ClN3. The van der Waals surface area contributed by atoms with E-state index in [0.717, 1.165) is 13.1 Å². The minimum atomic E-state index is 0. The fourth-order valence-electron chi connectivity index (χ4n) is 6.36. The minimum absolute atomic E-state index is 0. The molecule has 0 aromatic carbocycles. The summed E-state index contributed by atoms with van der Waals surface area (Å²) in [6.45, 7) is 7.14. The van der Waals surface area contributed by atoms with Crippen LogP contribution in [-0.4, -0.2) is 23.9 Å². The molecule has 2 spiro atoms. The molecule has 0 aromatic heterocycles. The van der Waals surface area contributed by atoms with Crippen LogP contribution in [-0.2, 0) is 0 Å². The van der Waals surface area contributed by atoms with Gasteiger partial charge in [-0.25, -0.2) is 0 Å². The van der Waals surface area contributed by atoms with Crippen LogP contribution >= 0.6 is 12.4 Å². The van der Waals surface area contributed by atoms with Crippen LogP contribution in [0, 0.1) is 27.1 Å². The zero-order chi connectivity index (χ0) is 11.4. The largest absolute Gasteiger partial charge is 0.370 e. The van der Waals surface area contributed by atoms with Gasteiger partial charge in [0.1, 0.15) is 0 Å². The zero-order valence-electron chi connectivity index (χ0n) is 10.7. The van der Waals surface area contributed by atoms with Gasteiger partial charge < -0.3 is 10.6 Å². The standard InChI is InChI=1S/C13H21N3.ClH/c1-10-3-12-5-11(10,2)6-13(12,4-10)8-16(7-12)9(14)15;/h3-8H2,1-2H3,(H3,14,15);1H. The van der Waals surface area contributed by atoms with E-state index in [1.54, 1.807) is 0 Å². The maximum atomic E-state index is 7.65. The zero-order valence-corrected chi connectivity index (χ0v) is 11.5. The van der Waals surface area contributed by atoms with Crippen molar-refractivity contribution in [2.24, 2.45) is 27.4 Å². The van der Waals surface area contributed by atoms with Crippen LogP contribution in [0.3, 0.4) is 0 Å². The van der Waals surface area contributed by atoms with Crippen molar-refractivity contribution in [3.63, 3.8) is 0 Å². The van der Waals surface area contributed by atoms with Crippen LogP contribution in [0.1, 0.15) is 39.5 Å². The molecule has 5 fully saturated rings. The van der Waals surface area contributed by atoms with Crippen molar-refractivity contribution in [3.8, 4) is 0 Å². The van der Waals surface area contributed by atoms with Gasteiger partial charge >= 0.3 is 0 Å². The third-order valence-corrected chi connectivity index (χ3v) is 6.82. The summed E-state index contributed by atoms with van der Waals surface area (Å²) in [7, 11) is 0. The second kappa shape index (κ2) is 2.61. The van der Waals surface area contributed by atoms with Crippen LogP contribution in [0.5, 0.6) is 0 Å². The van der Waals surface area contributed by atoms with E-state index in [1.807, 2.05) is 0 Å². The Hall–Kier alpha value is -0.440. The van der Waals surface area contributed by atoms with Gasteiger partial charge in [0.05, 0.1) is 0 Å². The normalized spacial score (nSPS) is 57.4. The predicted molar refractivity (Wildman–Crippen MR) is 70.3 cm³/mol. The number of likely N-dealkylation sites (tertiary alicyclic amines) is 1. The summed E-state index contributed by atoms with van der Waals surface area (Å²) in [5, 5.41) is 7.65. The first-order valence-electron chi connectivity index (χ1n) is 6.43. The maximum absolute atomic E-state index is 7.65. The Morgan fingerprint density at radius 2 is 1.35 bits per heavy atom. The molecule has 17 heavy (non-hydrogen) atoms. The van der Waals surface area contributed by atoms with Crippen LogP contribution in [0.25, 0.3) is 0 Å². The molecule has 4 aliphatic carbocycles. The van der Waals surface area contributed by atoms with E-state index in [9.17, 15) is 0 Å². The number of hydrogen-bond donors (Lipinski definition) is 2. The number of rotatable bonds is 0. The summed E-state index contributed by atoms with van der Waals surface area (Å²) in [5.74, 6) is 0.292. The third-order valence-electron chi connectivity index (χ3n) is 6.82. The Kier molecular flexibility index (Phi) is 1.79. The lowest BCUT2D eigenvalue weighted by atomic mass is 9.71. The Morgan fingerprint density at radius 1 is 1.00 bits per heavy atom. The molecule has 0 aromatic rings. The first-order valence-corrected chi connectivity index (χ1v) is 6.43. The van der Waals surface area contributed by atoms with Crippen LogP contribution in [0.4, 0.5) is 0 Å². The molecule has 0 atom stereocenters. The van der Waals surface area contributed by atoms with E-state index in [2.05, 4.69) is 18.7 Å². The molecule has 0 amide bonds. The molecule has 96 valence electrons. The number of halogens is 1. The topological polar surface area (TPSA) is 53.1 Å². The van der Waals surface area contributed by atoms with Gasteiger partial charge in [0.25, 0.3) is 0 Å². The van der Waals surface area contributed by atoms with Gasteiger partial charge in [0.2, 0.25) is 0 Å². The second-order valence-electron chi connectivity index (χ2n) is 7.63. The van der Waals surface area contributed by atoms with Gasteiger partial charge in [0.15, 0.2) is 5.96 Å². The highest BCUT2D eigenvalue weighted by molar-refractivity contribution is 5.85. The lowest BCUT2D eigenvalue weighted by Gasteiger charge is -2.33. The Labute approximate surface area is 109 Å². The van der Waals surface area contributed by atoms with Crippen molar-refractivity contribution in [1.29, 1.82) is 5.41 Å². The summed E-state index contributed by atoms with van der Waals surface area (Å²) < 4.78 is 0. The van der Waals surface area contributed by atoms with Crippen molar-refractivity contribution >= 4 is 18.4 Å². The molecule has 1 saturated heterocycles. The molecule has 4 saturated carbocycles. The molecule has 4 heteroatoms. The molecule has 5 aliphatic rings. The average Bonchev–Trinajstić information content (AvgIpc) is 2.66. The summed E-state index contributed by atoms with van der Waals surface area (Å²) in [5.41, 5.74) is 7.90. The van der Waals surface area contributed by atoms with Gasteiger partial charge in [-0.05, 0) is 47.3 Å². The Balaban J connectivity index is 0.000000902. The van der Waals surface area contributed by atoms with Crippen LogP contribution < -0.4 is 5.73 Å². The predicted octanol–water partition coefficient (Wildman–Crippen LogP) is 2.20. The van der Waals surface area contributed by atoms with Gasteiger partial charge in [0, 0.05) is 13.1 Å². The molecule has 5 rings (SSSR count). The van der Waals surface area contributed by atoms with Crippen LogP contribution in [0.15, 0.2) is 0 Å². The summed E-state index contributed by atoms with van der Waals surface area (Å²) in [6, 6.07) is 0. The van der Waals surface area contributed by atoms with E-state index in [-0.39, 0.29) is 12.4 Å². The summed E-state index contributed by atoms with van der Waals surface area (Å²) in [4.78, 5) is 2.13. The first-order chi connectivity index (χ1) is 7.34. The Morgan fingerprint density at radius 3 is 1.65 bits per heavy atom. The van der Waals surface area contributed by atoms with E-state index < -0.39 is 0 Å². The lowest BCUT2D eigenvalue weighted by Crippen LogP contribution is -2.36. The molecule has 1 aliphatic heterocycles. The molecule has 0 radical (unpaired) electrons. The Bertz CT molecular complexity index is 373. The SMILES string of the molecule is CC12CC34CN(C(=N)N)CC3(C1)CC2(C)C4.Cl. The number of nitrogens with two attached hydrogens (primary N) is 1. The highest BCUT2D eigenvalue weighted by atomic mass is 35.5. The van der Waals surface area contributed by atoms with Gasteiger partial charge in [-0.15, -0.1) is 12.4 Å². The van der Waals surface area contributed by atoms with E-state index >= 15 is 0 Å². The third kappa shape index (κ3) is 0.927. The monoisotopic (exact) mass is 255 g/mol. The highest BCUT2D eigenvalue weighted by Crippen LogP contribution is 2.87. The van der Waals surface area contributed by atoms with Crippen molar-refractivity contribution in [2.45, 2.75) is 39.5 Å². The molecule has 0 unspecified atom stereocenters. The highest BCUT2D eigenvalue weighted by Gasteiger charge is 2.82. The van der Waals surface area contributed by atoms with Gasteiger partial charge in [-0.1, -0.05) is 13.8 Å². The van der Waals surface area contributed by atoms with E-state index in [4.69, 9.17) is 11.1 Å². The van der Waals surface area contributed by atoms with Crippen molar-refractivity contribution in [3.05, 3.63) is 0 Å². The molecule has 4 bridgehead atoms. The first kappa shape index (κ1) is 11.6. The summed E-state index contributed by atoms with van der Waals surface area (Å²) in [6.07, 6.45) is 5.56. The molecule has 3 N–H and O–H groups in total. The van der Waals surface area contributed by atoms with E-state index in [1.165, 1.54) is 25.7 Å². The maximum Gasteiger partial charge on any atom is 0.188 e. The van der Waals surface area contributed by atoms with Gasteiger partial charge in [-0.2, -0.15) is 0 Å². The van der Waals surface area contributed by atoms with Gasteiger partial charge in [-0.3, -0.25) is 5.41 Å². The fourth-order valence-corrected chi connectivity index (χ4v) is 6.36. The minimum Gasteiger partial charge on any atom is -0.370 e. The summed E-state index contributed by atoms with van der Waals surface area (Å²) >= 11 is 0. The number of hydrogen-bond acceptors (Lipinski definition) is 1. The van der Waals surface area contributed by atoms with Crippen molar-refractivity contribution in [1.82, 2.24) is 4.90 Å². The quantitative estimate of drug-likeness (QED) is 0.515.